The third kappa shape index (κ3) is 4.04. The van der Waals surface area contributed by atoms with Crippen molar-refractivity contribution < 1.29 is 9.18 Å². The van der Waals surface area contributed by atoms with E-state index in [2.05, 4.69) is 41.2 Å². The zero-order chi connectivity index (χ0) is 19.5. The van der Waals surface area contributed by atoms with Gasteiger partial charge in [0, 0.05) is 36.0 Å². The van der Waals surface area contributed by atoms with Crippen LogP contribution in [-0.2, 0) is 4.79 Å². The molecule has 0 aliphatic carbocycles. The van der Waals surface area contributed by atoms with Gasteiger partial charge in [-0.1, -0.05) is 15.9 Å². The standard InChI is InChI=1S/C19H18BrFN6O/c20-14-4-5-16(15(21)9-14)25-19(28)13-3-1-7-26(11-13)17-10-18(23-12-22-17)27-8-2-6-24-27/h2,4-6,8-10,12-13H,1,3,7,11H2,(H,25,28)/t13-/m0/s1. The van der Waals surface area contributed by atoms with E-state index < -0.39 is 5.82 Å². The second kappa shape index (κ2) is 8.05. The summed E-state index contributed by atoms with van der Waals surface area (Å²) < 4.78 is 16.3. The molecule has 7 nitrogen and oxygen atoms in total. The van der Waals surface area contributed by atoms with Crippen LogP contribution in [0.15, 0.2) is 53.5 Å². The number of nitrogens with zero attached hydrogens (tertiary/aromatic N) is 5. The van der Waals surface area contributed by atoms with E-state index in [1.807, 2.05) is 18.3 Å². The van der Waals surface area contributed by atoms with E-state index in [4.69, 9.17) is 0 Å². The number of carbonyl (C=O) groups is 1. The minimum absolute atomic E-state index is 0.188. The third-order valence-electron chi connectivity index (χ3n) is 4.68. The summed E-state index contributed by atoms with van der Waals surface area (Å²) in [7, 11) is 0. The molecule has 2 aromatic heterocycles. The van der Waals surface area contributed by atoms with E-state index >= 15 is 0 Å². The molecule has 1 aromatic carbocycles. The van der Waals surface area contributed by atoms with E-state index in [0.29, 0.717) is 16.8 Å². The van der Waals surface area contributed by atoms with Crippen LogP contribution in [0.1, 0.15) is 12.8 Å². The van der Waals surface area contributed by atoms with Crippen LogP contribution >= 0.6 is 15.9 Å². The monoisotopic (exact) mass is 444 g/mol. The predicted octanol–water partition coefficient (Wildman–Crippen LogP) is 3.42. The maximum Gasteiger partial charge on any atom is 0.229 e. The Morgan fingerprint density at radius 2 is 2.11 bits per heavy atom. The lowest BCUT2D eigenvalue weighted by atomic mass is 9.97. The van der Waals surface area contributed by atoms with Gasteiger partial charge in [0.2, 0.25) is 5.91 Å². The molecular weight excluding hydrogens is 427 g/mol. The van der Waals surface area contributed by atoms with Crippen LogP contribution in [0.3, 0.4) is 0 Å². The van der Waals surface area contributed by atoms with Crippen LogP contribution in [0.2, 0.25) is 0 Å². The van der Waals surface area contributed by atoms with Gasteiger partial charge in [0.1, 0.15) is 18.0 Å². The molecule has 1 aliphatic rings. The predicted molar refractivity (Wildman–Crippen MR) is 107 cm³/mol. The molecule has 1 saturated heterocycles. The van der Waals surface area contributed by atoms with Gasteiger partial charge >= 0.3 is 0 Å². The molecule has 9 heteroatoms. The first kappa shape index (κ1) is 18.5. The summed E-state index contributed by atoms with van der Waals surface area (Å²) in [6.07, 6.45) is 6.59. The molecule has 0 radical (unpaired) electrons. The van der Waals surface area contributed by atoms with Crippen LogP contribution < -0.4 is 10.2 Å². The summed E-state index contributed by atoms with van der Waals surface area (Å²) >= 11 is 3.22. The summed E-state index contributed by atoms with van der Waals surface area (Å²) in [6.45, 7) is 1.31. The smallest absolute Gasteiger partial charge is 0.229 e. The Bertz CT molecular complexity index is 980. The average molecular weight is 445 g/mol. The van der Waals surface area contributed by atoms with Crippen LogP contribution in [0.25, 0.3) is 5.82 Å². The maximum atomic E-state index is 14.0. The van der Waals surface area contributed by atoms with Crippen molar-refractivity contribution in [2.45, 2.75) is 12.8 Å². The third-order valence-corrected chi connectivity index (χ3v) is 5.18. The van der Waals surface area contributed by atoms with E-state index in [9.17, 15) is 9.18 Å². The Kier molecular flexibility index (Phi) is 5.34. The summed E-state index contributed by atoms with van der Waals surface area (Å²) in [5.74, 6) is 0.508. The molecule has 144 valence electrons. The van der Waals surface area contributed by atoms with Gasteiger partial charge in [-0.15, -0.1) is 0 Å². The van der Waals surface area contributed by atoms with Gasteiger partial charge in [-0.3, -0.25) is 4.79 Å². The van der Waals surface area contributed by atoms with Crippen molar-refractivity contribution >= 4 is 33.3 Å². The van der Waals surface area contributed by atoms with E-state index in [0.717, 1.165) is 25.2 Å². The van der Waals surface area contributed by atoms with Gasteiger partial charge in [0.15, 0.2) is 5.82 Å². The molecular formula is C19H18BrFN6O. The highest BCUT2D eigenvalue weighted by atomic mass is 79.9. The Morgan fingerprint density at radius 1 is 1.25 bits per heavy atom. The van der Waals surface area contributed by atoms with E-state index in [1.165, 1.54) is 12.4 Å². The van der Waals surface area contributed by atoms with E-state index in [1.54, 1.807) is 23.0 Å². The normalized spacial score (nSPS) is 16.8. The minimum atomic E-state index is -0.463. The molecule has 4 rings (SSSR count). The fourth-order valence-electron chi connectivity index (χ4n) is 3.26. The van der Waals surface area contributed by atoms with Crippen molar-refractivity contribution in [2.24, 2.45) is 5.92 Å². The lowest BCUT2D eigenvalue weighted by molar-refractivity contribution is -0.120. The second-order valence-electron chi connectivity index (χ2n) is 6.58. The number of piperidine rings is 1. The van der Waals surface area contributed by atoms with Gasteiger partial charge < -0.3 is 10.2 Å². The van der Waals surface area contributed by atoms with Crippen LogP contribution in [-0.4, -0.2) is 38.7 Å². The molecule has 3 heterocycles. The first-order valence-electron chi connectivity index (χ1n) is 8.93. The quantitative estimate of drug-likeness (QED) is 0.666. The number of nitrogens with one attached hydrogen (secondary N) is 1. The number of amides is 1. The van der Waals surface area contributed by atoms with Crippen molar-refractivity contribution in [3.05, 3.63) is 59.3 Å². The van der Waals surface area contributed by atoms with Crippen LogP contribution in [0.5, 0.6) is 0 Å². The minimum Gasteiger partial charge on any atom is -0.356 e. The van der Waals surface area contributed by atoms with Crippen LogP contribution in [0, 0.1) is 11.7 Å². The average Bonchev–Trinajstić information content (AvgIpc) is 3.25. The summed E-state index contributed by atoms with van der Waals surface area (Å²) in [4.78, 5) is 23.3. The number of hydrogen-bond donors (Lipinski definition) is 1. The van der Waals surface area contributed by atoms with Crippen molar-refractivity contribution in [2.75, 3.05) is 23.3 Å². The Balaban J connectivity index is 1.47. The number of halogens is 2. The molecule has 0 saturated carbocycles. The molecule has 0 spiro atoms. The molecule has 1 N–H and O–H groups in total. The molecule has 1 aliphatic heterocycles. The number of hydrogen-bond acceptors (Lipinski definition) is 5. The lowest BCUT2D eigenvalue weighted by Crippen LogP contribution is -2.41. The summed E-state index contributed by atoms with van der Waals surface area (Å²) in [6, 6.07) is 8.26. The number of anilines is 2. The fourth-order valence-corrected chi connectivity index (χ4v) is 3.60. The Labute approximate surface area is 169 Å². The van der Waals surface area contributed by atoms with Crippen molar-refractivity contribution in [3.63, 3.8) is 0 Å². The highest BCUT2D eigenvalue weighted by Gasteiger charge is 2.27. The second-order valence-corrected chi connectivity index (χ2v) is 7.50. The summed E-state index contributed by atoms with van der Waals surface area (Å²) in [5.41, 5.74) is 0.188. The largest absolute Gasteiger partial charge is 0.356 e. The number of carbonyl (C=O) groups excluding carboxylic acids is 1. The zero-order valence-corrected chi connectivity index (χ0v) is 16.5. The number of rotatable bonds is 4. The van der Waals surface area contributed by atoms with Crippen LogP contribution in [0.4, 0.5) is 15.9 Å². The molecule has 1 amide bonds. The van der Waals surface area contributed by atoms with Gasteiger partial charge in [-0.2, -0.15) is 5.10 Å². The zero-order valence-electron chi connectivity index (χ0n) is 14.9. The van der Waals surface area contributed by atoms with Gasteiger partial charge in [-0.25, -0.2) is 19.0 Å². The molecule has 1 atom stereocenters. The van der Waals surface area contributed by atoms with Crippen molar-refractivity contribution in [1.29, 1.82) is 0 Å². The highest BCUT2D eigenvalue weighted by molar-refractivity contribution is 9.10. The Morgan fingerprint density at radius 3 is 2.89 bits per heavy atom. The number of aromatic nitrogens is 4. The summed E-state index contributed by atoms with van der Waals surface area (Å²) in [5, 5.41) is 6.89. The molecule has 0 unspecified atom stereocenters. The molecule has 28 heavy (non-hydrogen) atoms. The van der Waals surface area contributed by atoms with Gasteiger partial charge in [0.05, 0.1) is 11.6 Å². The topological polar surface area (TPSA) is 75.9 Å². The Hall–Kier alpha value is -2.81. The SMILES string of the molecule is O=C(Nc1ccc(Br)cc1F)[C@H]1CCCN(c2cc(-n3cccn3)ncn2)C1. The first-order valence-corrected chi connectivity index (χ1v) is 9.72. The van der Waals surface area contributed by atoms with Gasteiger partial charge in [0.25, 0.3) is 0 Å². The number of benzene rings is 1. The van der Waals surface area contributed by atoms with Crippen molar-refractivity contribution in [1.82, 2.24) is 19.7 Å². The maximum absolute atomic E-state index is 14.0. The molecule has 1 fully saturated rings. The highest BCUT2D eigenvalue weighted by Crippen LogP contribution is 2.25. The molecule has 3 aromatic rings. The van der Waals surface area contributed by atoms with Crippen molar-refractivity contribution in [3.8, 4) is 5.82 Å². The van der Waals surface area contributed by atoms with E-state index in [-0.39, 0.29) is 17.5 Å². The fraction of sp³-hybridized carbons (Fsp3) is 0.263. The lowest BCUT2D eigenvalue weighted by Gasteiger charge is -2.32. The molecule has 0 bridgehead atoms. The van der Waals surface area contributed by atoms with Gasteiger partial charge in [-0.05, 0) is 37.1 Å². The first-order chi connectivity index (χ1) is 13.6.